The molecule has 2 aromatic rings. The van der Waals surface area contributed by atoms with E-state index in [4.69, 9.17) is 4.74 Å². The van der Waals surface area contributed by atoms with Gasteiger partial charge in [0.2, 0.25) is 0 Å². The third-order valence-electron chi connectivity index (χ3n) is 4.60. The lowest BCUT2D eigenvalue weighted by molar-refractivity contribution is 0.0946. The van der Waals surface area contributed by atoms with Gasteiger partial charge in [-0.25, -0.2) is 4.39 Å². The fourth-order valence-electron chi connectivity index (χ4n) is 3.47. The van der Waals surface area contributed by atoms with Crippen LogP contribution in [0.25, 0.3) is 0 Å². The van der Waals surface area contributed by atoms with E-state index < -0.39 is 5.82 Å². The summed E-state index contributed by atoms with van der Waals surface area (Å²) in [5.74, 6) is 0.120. The minimum absolute atomic E-state index is 0.182. The molecule has 1 aliphatic rings. The van der Waals surface area contributed by atoms with Gasteiger partial charge in [-0.05, 0) is 36.6 Å². The van der Waals surface area contributed by atoms with Crippen LogP contribution in [0, 0.1) is 11.7 Å². The van der Waals surface area contributed by atoms with E-state index >= 15 is 0 Å². The smallest absolute Gasteiger partial charge is 0.255 e. The van der Waals surface area contributed by atoms with Gasteiger partial charge in [-0.1, -0.05) is 13.8 Å². The molecule has 0 spiro atoms. The van der Waals surface area contributed by atoms with Crippen molar-refractivity contribution < 1.29 is 13.9 Å². The molecule has 1 N–H and O–H groups in total. The van der Waals surface area contributed by atoms with Crippen LogP contribution in [0.2, 0.25) is 0 Å². The molecule has 1 amide bonds. The number of benzene rings is 1. The second-order valence-corrected chi connectivity index (χ2v) is 7.36. The Balaban J connectivity index is 1.66. The average Bonchev–Trinajstić information content (AvgIpc) is 2.91. The van der Waals surface area contributed by atoms with Crippen molar-refractivity contribution in [3.63, 3.8) is 0 Å². The monoisotopic (exact) mass is 374 g/mol. The number of carbonyl (C=O) groups is 1. The highest BCUT2D eigenvalue weighted by atomic mass is 19.1. The van der Waals surface area contributed by atoms with Crippen LogP contribution in [0.5, 0.6) is 5.75 Å². The summed E-state index contributed by atoms with van der Waals surface area (Å²) in [5, 5.41) is 7.43. The predicted molar refractivity (Wildman–Crippen MR) is 101 cm³/mol. The van der Waals surface area contributed by atoms with Crippen LogP contribution in [0.15, 0.2) is 24.3 Å². The fraction of sp³-hybridized carbons (Fsp3) is 0.500. The Morgan fingerprint density at radius 3 is 2.89 bits per heavy atom. The SMILES string of the molecule is COc1ccc(F)cc1C(=O)NCc1cc2n(n1)CCCN(CC(C)C)C2. The standard InChI is InChI=1S/C20H27FN4O2/c1-14(2)12-24-7-4-8-25-17(13-24)10-16(23-25)11-22-20(26)18-9-15(21)5-6-19(18)27-3/h5-6,9-10,14H,4,7-8,11-13H2,1-3H3,(H,22,26). The zero-order chi connectivity index (χ0) is 19.4. The number of methoxy groups -OCH3 is 1. The topological polar surface area (TPSA) is 59.4 Å². The van der Waals surface area contributed by atoms with Crippen LogP contribution in [-0.4, -0.2) is 40.8 Å². The third-order valence-corrected chi connectivity index (χ3v) is 4.60. The van der Waals surface area contributed by atoms with E-state index in [0.717, 1.165) is 38.3 Å². The number of halogens is 1. The van der Waals surface area contributed by atoms with E-state index in [1.807, 2.05) is 10.7 Å². The first-order valence-corrected chi connectivity index (χ1v) is 9.36. The van der Waals surface area contributed by atoms with Crippen molar-refractivity contribution in [1.82, 2.24) is 20.0 Å². The Hall–Kier alpha value is -2.41. The molecule has 0 fully saturated rings. The number of hydrogen-bond acceptors (Lipinski definition) is 4. The average molecular weight is 374 g/mol. The Bertz CT molecular complexity index is 803. The maximum absolute atomic E-state index is 13.5. The van der Waals surface area contributed by atoms with E-state index in [1.165, 1.54) is 31.0 Å². The summed E-state index contributed by atoms with van der Waals surface area (Å²) in [6, 6.07) is 5.94. The van der Waals surface area contributed by atoms with Crippen molar-refractivity contribution in [2.24, 2.45) is 5.92 Å². The predicted octanol–water partition coefficient (Wildman–Crippen LogP) is 2.82. The molecule has 2 heterocycles. The Labute approximate surface area is 159 Å². The van der Waals surface area contributed by atoms with Crippen molar-refractivity contribution in [3.8, 4) is 5.75 Å². The molecule has 3 rings (SSSR count). The van der Waals surface area contributed by atoms with Gasteiger partial charge in [0.05, 0.1) is 30.6 Å². The number of amides is 1. The summed E-state index contributed by atoms with van der Waals surface area (Å²) in [5.41, 5.74) is 2.15. The maximum atomic E-state index is 13.5. The molecule has 7 heteroatoms. The van der Waals surface area contributed by atoms with E-state index in [9.17, 15) is 9.18 Å². The zero-order valence-electron chi connectivity index (χ0n) is 16.2. The van der Waals surface area contributed by atoms with Crippen molar-refractivity contribution >= 4 is 5.91 Å². The molecule has 0 atom stereocenters. The van der Waals surface area contributed by atoms with Crippen molar-refractivity contribution in [2.45, 2.75) is 39.9 Å². The highest BCUT2D eigenvalue weighted by Crippen LogP contribution is 2.19. The van der Waals surface area contributed by atoms with Gasteiger partial charge in [-0.3, -0.25) is 14.4 Å². The largest absolute Gasteiger partial charge is 0.496 e. The van der Waals surface area contributed by atoms with Gasteiger partial charge in [0.1, 0.15) is 11.6 Å². The number of aryl methyl sites for hydroxylation is 1. The number of carbonyl (C=O) groups excluding carboxylic acids is 1. The van der Waals surface area contributed by atoms with Crippen LogP contribution in [0.3, 0.4) is 0 Å². The number of nitrogens with one attached hydrogen (secondary N) is 1. The second kappa shape index (κ2) is 8.52. The number of nitrogens with zero attached hydrogens (tertiary/aromatic N) is 3. The zero-order valence-corrected chi connectivity index (χ0v) is 16.2. The highest BCUT2D eigenvalue weighted by Gasteiger charge is 2.18. The molecule has 146 valence electrons. The van der Waals surface area contributed by atoms with Crippen LogP contribution in [-0.2, 0) is 19.6 Å². The van der Waals surface area contributed by atoms with Crippen molar-refractivity contribution in [3.05, 3.63) is 47.0 Å². The molecular formula is C20H27FN4O2. The first-order chi connectivity index (χ1) is 13.0. The summed E-state index contributed by atoms with van der Waals surface area (Å²) in [7, 11) is 1.46. The van der Waals surface area contributed by atoms with Crippen molar-refractivity contribution in [2.75, 3.05) is 20.2 Å². The summed E-state index contributed by atoms with van der Waals surface area (Å²) >= 11 is 0. The first kappa shape index (κ1) is 19.4. The van der Waals surface area contributed by atoms with E-state index in [-0.39, 0.29) is 11.5 Å². The summed E-state index contributed by atoms with van der Waals surface area (Å²) in [4.78, 5) is 14.9. The normalized spacial score (nSPS) is 14.7. The molecule has 0 radical (unpaired) electrons. The number of rotatable bonds is 6. The second-order valence-electron chi connectivity index (χ2n) is 7.36. The van der Waals surface area contributed by atoms with Gasteiger partial charge in [0, 0.05) is 26.2 Å². The molecule has 0 unspecified atom stereocenters. The summed E-state index contributed by atoms with van der Waals surface area (Å²) < 4.78 is 20.6. The van der Waals surface area contributed by atoms with E-state index in [2.05, 4.69) is 29.2 Å². The molecular weight excluding hydrogens is 347 g/mol. The van der Waals surface area contributed by atoms with Gasteiger partial charge in [-0.15, -0.1) is 0 Å². The van der Waals surface area contributed by atoms with Gasteiger partial charge in [-0.2, -0.15) is 5.10 Å². The molecule has 1 aromatic carbocycles. The lowest BCUT2D eigenvalue weighted by Crippen LogP contribution is -2.27. The van der Waals surface area contributed by atoms with Crippen LogP contribution < -0.4 is 10.1 Å². The molecule has 27 heavy (non-hydrogen) atoms. The molecule has 0 saturated carbocycles. The third kappa shape index (κ3) is 4.86. The lowest BCUT2D eigenvalue weighted by atomic mass is 10.2. The van der Waals surface area contributed by atoms with E-state index in [0.29, 0.717) is 18.2 Å². The molecule has 0 saturated heterocycles. The van der Waals surface area contributed by atoms with Gasteiger partial charge in [0.25, 0.3) is 5.91 Å². The molecule has 6 nitrogen and oxygen atoms in total. The highest BCUT2D eigenvalue weighted by molar-refractivity contribution is 5.96. The van der Waals surface area contributed by atoms with Gasteiger partial charge >= 0.3 is 0 Å². The van der Waals surface area contributed by atoms with Crippen LogP contribution in [0.1, 0.15) is 42.0 Å². The summed E-state index contributed by atoms with van der Waals surface area (Å²) in [6.07, 6.45) is 1.06. The Morgan fingerprint density at radius 2 is 2.15 bits per heavy atom. The van der Waals surface area contributed by atoms with Crippen molar-refractivity contribution in [1.29, 1.82) is 0 Å². The quantitative estimate of drug-likeness (QED) is 0.845. The number of fused-ring (bicyclic) bond motifs is 1. The van der Waals surface area contributed by atoms with Gasteiger partial charge in [0.15, 0.2) is 0 Å². The fourth-order valence-corrected chi connectivity index (χ4v) is 3.47. The molecule has 0 bridgehead atoms. The Kier molecular flexibility index (Phi) is 6.11. The minimum Gasteiger partial charge on any atom is -0.496 e. The number of hydrogen-bond donors (Lipinski definition) is 1. The van der Waals surface area contributed by atoms with Crippen LogP contribution in [0.4, 0.5) is 4.39 Å². The van der Waals surface area contributed by atoms with Gasteiger partial charge < -0.3 is 10.1 Å². The number of aromatic nitrogens is 2. The summed E-state index contributed by atoms with van der Waals surface area (Å²) in [6.45, 7) is 8.65. The lowest BCUT2D eigenvalue weighted by Gasteiger charge is -2.21. The number of ether oxygens (including phenoxy) is 1. The van der Waals surface area contributed by atoms with E-state index in [1.54, 1.807) is 0 Å². The molecule has 1 aromatic heterocycles. The Morgan fingerprint density at radius 1 is 1.33 bits per heavy atom. The maximum Gasteiger partial charge on any atom is 0.255 e. The molecule has 1 aliphatic heterocycles. The minimum atomic E-state index is -0.472. The first-order valence-electron chi connectivity index (χ1n) is 9.36. The van der Waals surface area contributed by atoms with Crippen LogP contribution >= 0.6 is 0 Å². The molecule has 0 aliphatic carbocycles.